The summed E-state index contributed by atoms with van der Waals surface area (Å²) in [6.45, 7) is 2.64. The number of aliphatic carboxylic acids is 1. The Kier molecular flexibility index (Phi) is 3.05. The fourth-order valence-corrected chi connectivity index (χ4v) is 4.25. The van der Waals surface area contributed by atoms with Gasteiger partial charge >= 0.3 is 5.97 Å². The first-order valence-corrected chi connectivity index (χ1v) is 8.05. The number of fused-ring (bicyclic) bond motifs is 1. The zero-order valence-corrected chi connectivity index (χ0v) is 12.3. The topological polar surface area (TPSA) is 53.4 Å². The first-order chi connectivity index (χ1) is 10.2. The number of thiazole rings is 1. The van der Waals surface area contributed by atoms with Crippen LogP contribution in [0.5, 0.6) is 0 Å². The van der Waals surface area contributed by atoms with E-state index in [1.165, 1.54) is 0 Å². The van der Waals surface area contributed by atoms with Gasteiger partial charge in [0.05, 0.1) is 11.6 Å². The summed E-state index contributed by atoms with van der Waals surface area (Å²) in [4.78, 5) is 18.0. The van der Waals surface area contributed by atoms with E-state index in [1.54, 1.807) is 11.3 Å². The molecule has 1 saturated heterocycles. The van der Waals surface area contributed by atoms with Crippen molar-refractivity contribution in [2.45, 2.75) is 6.54 Å². The van der Waals surface area contributed by atoms with Crippen LogP contribution in [0.4, 0.5) is 0 Å². The van der Waals surface area contributed by atoms with Crippen molar-refractivity contribution in [3.8, 4) is 10.6 Å². The number of rotatable bonds is 4. The van der Waals surface area contributed by atoms with Crippen LogP contribution in [0, 0.1) is 17.8 Å². The summed E-state index contributed by atoms with van der Waals surface area (Å²) in [5.41, 5.74) is 2.25. The number of hydrogen-bond donors (Lipinski definition) is 1. The number of aromatic nitrogens is 1. The molecule has 2 heterocycles. The summed E-state index contributed by atoms with van der Waals surface area (Å²) < 4.78 is 0. The second-order valence-corrected chi connectivity index (χ2v) is 6.75. The van der Waals surface area contributed by atoms with Crippen LogP contribution in [0.3, 0.4) is 0 Å². The maximum atomic E-state index is 11.0. The Balaban J connectivity index is 1.39. The lowest BCUT2D eigenvalue weighted by atomic mass is 10.2. The first kappa shape index (κ1) is 13.0. The third kappa shape index (κ3) is 2.36. The molecule has 1 aliphatic carbocycles. The zero-order chi connectivity index (χ0) is 14.4. The smallest absolute Gasteiger partial charge is 0.307 e. The predicted molar refractivity (Wildman–Crippen MR) is 80.9 cm³/mol. The molecule has 2 aliphatic rings. The fourth-order valence-electron chi connectivity index (χ4n) is 3.43. The van der Waals surface area contributed by atoms with E-state index in [-0.39, 0.29) is 5.92 Å². The molecule has 108 valence electrons. The molecule has 2 fully saturated rings. The Morgan fingerprint density at radius 1 is 1.29 bits per heavy atom. The predicted octanol–water partition coefficient (Wildman–Crippen LogP) is 2.57. The molecular formula is C16H16N2O2S. The third-order valence-electron chi connectivity index (χ3n) is 4.51. The number of carbonyl (C=O) groups is 1. The standard InChI is InChI=1S/C16H16N2O2S/c19-16(20)14-12-7-18(8-13(12)14)6-11-9-21-15(17-11)10-4-2-1-3-5-10/h1-5,9,12-14H,6-8H2,(H,19,20). The molecule has 21 heavy (non-hydrogen) atoms. The molecule has 1 aliphatic heterocycles. The molecule has 2 aromatic rings. The van der Waals surface area contributed by atoms with Crippen LogP contribution >= 0.6 is 11.3 Å². The normalized spacial score (nSPS) is 27.5. The quantitative estimate of drug-likeness (QED) is 0.943. The highest BCUT2D eigenvalue weighted by Gasteiger charge is 2.59. The maximum absolute atomic E-state index is 11.0. The number of piperidine rings is 1. The van der Waals surface area contributed by atoms with E-state index in [9.17, 15) is 4.79 Å². The van der Waals surface area contributed by atoms with Crippen molar-refractivity contribution in [1.29, 1.82) is 0 Å². The summed E-state index contributed by atoms with van der Waals surface area (Å²) in [5.74, 6) is 0.0331. The second-order valence-electron chi connectivity index (χ2n) is 5.90. The average Bonchev–Trinajstić information content (AvgIpc) is 2.85. The van der Waals surface area contributed by atoms with Crippen molar-refractivity contribution in [2.24, 2.45) is 17.8 Å². The number of benzene rings is 1. The van der Waals surface area contributed by atoms with Gasteiger partial charge in [0.15, 0.2) is 0 Å². The Bertz CT molecular complexity index is 658. The van der Waals surface area contributed by atoms with Gasteiger partial charge in [-0.1, -0.05) is 30.3 Å². The molecule has 0 spiro atoms. The monoisotopic (exact) mass is 300 g/mol. The average molecular weight is 300 g/mol. The number of nitrogens with zero attached hydrogens (tertiary/aromatic N) is 2. The van der Waals surface area contributed by atoms with Crippen molar-refractivity contribution in [3.05, 3.63) is 41.4 Å². The van der Waals surface area contributed by atoms with Crippen LogP contribution in [0.25, 0.3) is 10.6 Å². The molecule has 2 atom stereocenters. The molecule has 0 bridgehead atoms. The highest BCUT2D eigenvalue weighted by Crippen LogP contribution is 2.51. The van der Waals surface area contributed by atoms with Crippen molar-refractivity contribution in [1.82, 2.24) is 9.88 Å². The minimum Gasteiger partial charge on any atom is -0.481 e. The van der Waals surface area contributed by atoms with Gasteiger partial charge in [0.1, 0.15) is 5.01 Å². The van der Waals surface area contributed by atoms with E-state index in [0.29, 0.717) is 11.8 Å². The van der Waals surface area contributed by atoms with Crippen molar-refractivity contribution >= 4 is 17.3 Å². The van der Waals surface area contributed by atoms with Crippen LogP contribution in [-0.2, 0) is 11.3 Å². The molecule has 1 aromatic heterocycles. The molecule has 2 unspecified atom stereocenters. The van der Waals surface area contributed by atoms with Crippen LogP contribution < -0.4 is 0 Å². The van der Waals surface area contributed by atoms with E-state index in [2.05, 4.69) is 22.4 Å². The largest absolute Gasteiger partial charge is 0.481 e. The summed E-state index contributed by atoms with van der Waals surface area (Å²) in [5, 5.41) is 12.2. The van der Waals surface area contributed by atoms with Gasteiger partial charge in [0, 0.05) is 30.6 Å². The number of carboxylic acid groups (broad SMARTS) is 1. The molecule has 0 radical (unpaired) electrons. The Hall–Kier alpha value is -1.72. The Morgan fingerprint density at radius 2 is 2.00 bits per heavy atom. The van der Waals surface area contributed by atoms with Crippen LogP contribution in [0.1, 0.15) is 5.69 Å². The highest BCUT2D eigenvalue weighted by molar-refractivity contribution is 7.13. The maximum Gasteiger partial charge on any atom is 0.307 e. The van der Waals surface area contributed by atoms with E-state index in [0.717, 1.165) is 35.9 Å². The SMILES string of the molecule is O=C(O)C1C2CN(Cc3csc(-c4ccccc4)n3)CC21. The van der Waals surface area contributed by atoms with E-state index < -0.39 is 5.97 Å². The summed E-state index contributed by atoms with van der Waals surface area (Å²) in [7, 11) is 0. The second kappa shape index (κ2) is 4.93. The molecule has 4 rings (SSSR count). The summed E-state index contributed by atoms with van der Waals surface area (Å²) >= 11 is 1.67. The van der Waals surface area contributed by atoms with E-state index in [1.807, 2.05) is 18.2 Å². The van der Waals surface area contributed by atoms with Crippen LogP contribution in [0.2, 0.25) is 0 Å². The lowest BCUT2D eigenvalue weighted by Crippen LogP contribution is -2.25. The molecule has 1 aromatic carbocycles. The van der Waals surface area contributed by atoms with Gasteiger partial charge in [-0.2, -0.15) is 0 Å². The minimum atomic E-state index is -0.621. The fraction of sp³-hybridized carbons (Fsp3) is 0.375. The van der Waals surface area contributed by atoms with Crippen molar-refractivity contribution < 1.29 is 9.90 Å². The summed E-state index contributed by atoms with van der Waals surface area (Å²) in [6, 6.07) is 10.2. The van der Waals surface area contributed by atoms with E-state index in [4.69, 9.17) is 10.1 Å². The van der Waals surface area contributed by atoms with Crippen LogP contribution in [-0.4, -0.2) is 34.0 Å². The Labute approximate surface area is 127 Å². The number of likely N-dealkylation sites (tertiary alicyclic amines) is 1. The van der Waals surface area contributed by atoms with Gasteiger partial charge < -0.3 is 5.11 Å². The van der Waals surface area contributed by atoms with Gasteiger partial charge in [0.25, 0.3) is 0 Å². The van der Waals surface area contributed by atoms with Gasteiger partial charge in [-0.3, -0.25) is 9.69 Å². The third-order valence-corrected chi connectivity index (χ3v) is 5.45. The molecule has 1 saturated carbocycles. The first-order valence-electron chi connectivity index (χ1n) is 7.17. The molecule has 0 amide bonds. The Morgan fingerprint density at radius 3 is 2.67 bits per heavy atom. The van der Waals surface area contributed by atoms with Crippen molar-refractivity contribution in [3.63, 3.8) is 0 Å². The lowest BCUT2D eigenvalue weighted by Gasteiger charge is -2.16. The minimum absolute atomic E-state index is 0.0865. The molecule has 5 heteroatoms. The lowest BCUT2D eigenvalue weighted by molar-refractivity contribution is -0.139. The highest BCUT2D eigenvalue weighted by atomic mass is 32.1. The van der Waals surface area contributed by atoms with Gasteiger partial charge in [0.2, 0.25) is 0 Å². The summed E-state index contributed by atoms with van der Waals surface area (Å²) in [6.07, 6.45) is 0. The van der Waals surface area contributed by atoms with Gasteiger partial charge in [-0.25, -0.2) is 4.98 Å². The molecule has 1 N–H and O–H groups in total. The van der Waals surface area contributed by atoms with Gasteiger partial charge in [-0.05, 0) is 11.8 Å². The molecular weight excluding hydrogens is 284 g/mol. The molecule has 4 nitrogen and oxygen atoms in total. The van der Waals surface area contributed by atoms with Crippen LogP contribution in [0.15, 0.2) is 35.7 Å². The zero-order valence-electron chi connectivity index (χ0n) is 11.5. The van der Waals surface area contributed by atoms with E-state index >= 15 is 0 Å². The number of carboxylic acids is 1. The van der Waals surface area contributed by atoms with Crippen molar-refractivity contribution in [2.75, 3.05) is 13.1 Å². The van der Waals surface area contributed by atoms with Gasteiger partial charge in [-0.15, -0.1) is 11.3 Å². The number of hydrogen-bond acceptors (Lipinski definition) is 4.